The molecule has 1 aromatic rings. The number of ether oxygens (including phenoxy) is 1. The fourth-order valence-electron chi connectivity index (χ4n) is 2.57. The van der Waals surface area contributed by atoms with Crippen LogP contribution >= 0.6 is 12.4 Å². The van der Waals surface area contributed by atoms with Crippen LogP contribution in [0.5, 0.6) is 5.75 Å². The van der Waals surface area contributed by atoms with Crippen LogP contribution in [0, 0.1) is 12.8 Å². The van der Waals surface area contributed by atoms with E-state index in [-0.39, 0.29) is 24.1 Å². The third-order valence-corrected chi connectivity index (χ3v) is 3.79. The van der Waals surface area contributed by atoms with E-state index >= 15 is 0 Å². The van der Waals surface area contributed by atoms with E-state index in [0.29, 0.717) is 23.6 Å². The molecule has 24 heavy (non-hydrogen) atoms. The van der Waals surface area contributed by atoms with Gasteiger partial charge in [-0.3, -0.25) is 4.79 Å². The van der Waals surface area contributed by atoms with Gasteiger partial charge in [-0.2, -0.15) is 13.2 Å². The molecule has 4 nitrogen and oxygen atoms in total. The molecule has 1 unspecified atom stereocenters. The lowest BCUT2D eigenvalue weighted by Crippen LogP contribution is -2.19. The van der Waals surface area contributed by atoms with Gasteiger partial charge in [-0.25, -0.2) is 0 Å². The minimum Gasteiger partial charge on any atom is -0.484 e. The van der Waals surface area contributed by atoms with E-state index in [0.717, 1.165) is 25.9 Å². The highest BCUT2D eigenvalue weighted by atomic mass is 35.5. The largest absolute Gasteiger partial charge is 0.484 e. The van der Waals surface area contributed by atoms with Crippen molar-refractivity contribution < 1.29 is 22.7 Å². The normalized spacial score (nSPS) is 17.2. The number of carbonyl (C=O) groups excluding carboxylic acids is 1. The molecule has 1 aromatic carbocycles. The third-order valence-electron chi connectivity index (χ3n) is 3.79. The number of hydrogen-bond acceptors (Lipinski definition) is 3. The molecule has 1 heterocycles. The van der Waals surface area contributed by atoms with Crippen LogP contribution in [0.2, 0.25) is 0 Å². The van der Waals surface area contributed by atoms with Crippen LogP contribution in [0.4, 0.5) is 18.9 Å². The average Bonchev–Trinajstić information content (AvgIpc) is 2.96. The van der Waals surface area contributed by atoms with Crippen molar-refractivity contribution in [2.24, 2.45) is 5.92 Å². The molecule has 2 rings (SSSR count). The molecule has 1 aliphatic rings. The maximum Gasteiger partial charge on any atom is 0.422 e. The van der Waals surface area contributed by atoms with Gasteiger partial charge in [-0.1, -0.05) is 0 Å². The number of carbonyl (C=O) groups is 1. The molecule has 0 aromatic heterocycles. The molecule has 0 saturated carbocycles. The van der Waals surface area contributed by atoms with Crippen molar-refractivity contribution in [3.63, 3.8) is 0 Å². The SMILES string of the molecule is Cc1cc(NC(=O)CCC2CCNC2)ccc1OCC(F)(F)F.Cl. The first-order chi connectivity index (χ1) is 10.8. The molecule has 1 amide bonds. The smallest absolute Gasteiger partial charge is 0.422 e. The highest BCUT2D eigenvalue weighted by molar-refractivity contribution is 5.90. The Labute approximate surface area is 145 Å². The molecule has 1 saturated heterocycles. The summed E-state index contributed by atoms with van der Waals surface area (Å²) in [7, 11) is 0. The number of hydrogen-bond donors (Lipinski definition) is 2. The number of amides is 1. The standard InChI is InChI=1S/C16H21F3N2O2.ClH/c1-11-8-13(3-4-14(11)23-10-16(17,18)19)21-15(22)5-2-12-6-7-20-9-12;/h3-4,8,12,20H,2,5-7,9-10H2,1H3,(H,21,22);1H. The van der Waals surface area contributed by atoms with E-state index in [2.05, 4.69) is 10.6 Å². The molecule has 1 aliphatic heterocycles. The molecule has 1 atom stereocenters. The van der Waals surface area contributed by atoms with Crippen LogP contribution in [0.1, 0.15) is 24.8 Å². The van der Waals surface area contributed by atoms with Gasteiger partial charge < -0.3 is 15.4 Å². The highest BCUT2D eigenvalue weighted by Gasteiger charge is 2.28. The summed E-state index contributed by atoms with van der Waals surface area (Å²) in [5.41, 5.74) is 1.11. The summed E-state index contributed by atoms with van der Waals surface area (Å²) in [5.74, 6) is 0.623. The summed E-state index contributed by atoms with van der Waals surface area (Å²) in [6, 6.07) is 4.60. The van der Waals surface area contributed by atoms with Crippen molar-refractivity contribution >= 4 is 24.0 Å². The fourth-order valence-corrected chi connectivity index (χ4v) is 2.57. The van der Waals surface area contributed by atoms with Gasteiger partial charge in [-0.05, 0) is 62.5 Å². The van der Waals surface area contributed by atoms with Crippen LogP contribution in [0.25, 0.3) is 0 Å². The quantitative estimate of drug-likeness (QED) is 0.807. The molecular formula is C16H22ClF3N2O2. The maximum atomic E-state index is 12.2. The number of aryl methyl sites for hydroxylation is 1. The first-order valence-electron chi connectivity index (χ1n) is 7.64. The van der Waals surface area contributed by atoms with Gasteiger partial charge in [0, 0.05) is 12.1 Å². The Morgan fingerprint density at radius 3 is 2.75 bits per heavy atom. The molecule has 8 heteroatoms. The zero-order valence-corrected chi connectivity index (χ0v) is 14.2. The van der Waals surface area contributed by atoms with Crippen molar-refractivity contribution in [2.75, 3.05) is 25.0 Å². The summed E-state index contributed by atoms with van der Waals surface area (Å²) in [5, 5.41) is 6.03. The average molecular weight is 367 g/mol. The van der Waals surface area contributed by atoms with Crippen molar-refractivity contribution in [2.45, 2.75) is 32.4 Å². The number of anilines is 1. The van der Waals surface area contributed by atoms with Gasteiger partial charge in [-0.15, -0.1) is 12.4 Å². The van der Waals surface area contributed by atoms with Gasteiger partial charge >= 0.3 is 6.18 Å². The monoisotopic (exact) mass is 366 g/mol. The number of rotatable bonds is 6. The second-order valence-electron chi connectivity index (χ2n) is 5.83. The Hall–Kier alpha value is -1.47. The number of halogens is 4. The predicted octanol–water partition coefficient (Wildman–Crippen LogP) is 3.69. The second-order valence-corrected chi connectivity index (χ2v) is 5.83. The second kappa shape index (κ2) is 9.13. The van der Waals surface area contributed by atoms with Crippen LogP contribution < -0.4 is 15.4 Å². The first-order valence-corrected chi connectivity index (χ1v) is 7.64. The molecule has 0 spiro atoms. The minimum atomic E-state index is -4.37. The van der Waals surface area contributed by atoms with Crippen molar-refractivity contribution in [1.82, 2.24) is 5.32 Å². The third kappa shape index (κ3) is 6.97. The topological polar surface area (TPSA) is 50.4 Å². The Bertz CT molecular complexity index is 547. The summed E-state index contributed by atoms with van der Waals surface area (Å²) >= 11 is 0. The highest BCUT2D eigenvalue weighted by Crippen LogP contribution is 2.25. The number of benzene rings is 1. The van der Waals surface area contributed by atoms with Crippen LogP contribution in [-0.2, 0) is 4.79 Å². The molecule has 0 bridgehead atoms. The van der Waals surface area contributed by atoms with Gasteiger partial charge in [0.1, 0.15) is 5.75 Å². The molecule has 136 valence electrons. The zero-order valence-electron chi connectivity index (χ0n) is 13.4. The lowest BCUT2D eigenvalue weighted by Gasteiger charge is -2.13. The van der Waals surface area contributed by atoms with E-state index in [4.69, 9.17) is 4.74 Å². The zero-order chi connectivity index (χ0) is 16.9. The van der Waals surface area contributed by atoms with Gasteiger partial charge in [0.05, 0.1) is 0 Å². The summed E-state index contributed by atoms with van der Waals surface area (Å²) in [4.78, 5) is 11.9. The van der Waals surface area contributed by atoms with Crippen molar-refractivity contribution in [3.8, 4) is 5.75 Å². The Kier molecular flexibility index (Phi) is 7.83. The van der Waals surface area contributed by atoms with Crippen LogP contribution in [0.3, 0.4) is 0 Å². The summed E-state index contributed by atoms with van der Waals surface area (Å²) in [6.45, 7) is 2.28. The summed E-state index contributed by atoms with van der Waals surface area (Å²) < 4.78 is 41.2. The first kappa shape index (κ1) is 20.6. The maximum absolute atomic E-state index is 12.2. The van der Waals surface area contributed by atoms with Crippen molar-refractivity contribution in [1.29, 1.82) is 0 Å². The molecule has 1 fully saturated rings. The predicted molar refractivity (Wildman–Crippen MR) is 88.8 cm³/mol. The molecule has 0 radical (unpaired) electrons. The summed E-state index contributed by atoms with van der Waals surface area (Å²) in [6.07, 6.45) is -1.99. The van der Waals surface area contributed by atoms with E-state index < -0.39 is 12.8 Å². The molecular weight excluding hydrogens is 345 g/mol. The van der Waals surface area contributed by atoms with E-state index in [1.807, 2.05) is 0 Å². The van der Waals surface area contributed by atoms with Gasteiger partial charge in [0.15, 0.2) is 6.61 Å². The van der Waals surface area contributed by atoms with Crippen molar-refractivity contribution in [3.05, 3.63) is 23.8 Å². The Morgan fingerprint density at radius 1 is 1.42 bits per heavy atom. The molecule has 0 aliphatic carbocycles. The Balaban J connectivity index is 0.00000288. The van der Waals surface area contributed by atoms with Gasteiger partial charge in [0.25, 0.3) is 0 Å². The molecule has 2 N–H and O–H groups in total. The lowest BCUT2D eigenvalue weighted by molar-refractivity contribution is -0.153. The Morgan fingerprint density at radius 2 is 2.17 bits per heavy atom. The van der Waals surface area contributed by atoms with E-state index in [1.165, 1.54) is 6.07 Å². The number of alkyl halides is 3. The van der Waals surface area contributed by atoms with E-state index in [9.17, 15) is 18.0 Å². The fraction of sp³-hybridized carbons (Fsp3) is 0.562. The van der Waals surface area contributed by atoms with Crippen LogP contribution in [-0.4, -0.2) is 31.8 Å². The van der Waals surface area contributed by atoms with Crippen LogP contribution in [0.15, 0.2) is 18.2 Å². The van der Waals surface area contributed by atoms with E-state index in [1.54, 1.807) is 19.1 Å². The van der Waals surface area contributed by atoms with Gasteiger partial charge in [0.2, 0.25) is 5.91 Å². The number of nitrogens with one attached hydrogen (secondary N) is 2. The minimum absolute atomic E-state index is 0. The lowest BCUT2D eigenvalue weighted by atomic mass is 10.0.